The van der Waals surface area contributed by atoms with E-state index >= 15 is 0 Å². The van der Waals surface area contributed by atoms with Crippen molar-refractivity contribution in [3.63, 3.8) is 0 Å². The van der Waals surface area contributed by atoms with Crippen LogP contribution in [-0.4, -0.2) is 26.3 Å². The molecule has 0 amide bonds. The molecule has 3 nitrogen and oxygen atoms in total. The first kappa shape index (κ1) is 9.26. The lowest BCUT2D eigenvalue weighted by Gasteiger charge is -2.27. The summed E-state index contributed by atoms with van der Waals surface area (Å²) in [6, 6.07) is 0. The van der Waals surface area contributed by atoms with E-state index in [1.165, 1.54) is 7.11 Å². The maximum absolute atomic E-state index is 11.2. The van der Waals surface area contributed by atoms with Crippen molar-refractivity contribution in [3.05, 3.63) is 11.6 Å². The molecule has 1 aliphatic heterocycles. The lowest BCUT2D eigenvalue weighted by atomic mass is 9.96. The molecule has 0 aromatic rings. The first-order chi connectivity index (χ1) is 5.79. The number of allylic oxidation sites excluding steroid dienone is 1. The van der Waals surface area contributed by atoms with Crippen molar-refractivity contribution in [3.8, 4) is 0 Å². The maximum atomic E-state index is 11.2. The average molecular weight is 170 g/mol. The minimum absolute atomic E-state index is 0.217. The Morgan fingerprint density at radius 1 is 1.67 bits per heavy atom. The second-order valence-corrected chi connectivity index (χ2v) is 2.79. The lowest BCUT2D eigenvalue weighted by molar-refractivity contribution is -0.138. The zero-order valence-corrected chi connectivity index (χ0v) is 7.50. The van der Waals surface area contributed by atoms with Crippen LogP contribution in [0.1, 0.15) is 13.3 Å². The highest BCUT2D eigenvalue weighted by atomic mass is 16.5. The number of hydrogen-bond donors (Lipinski definition) is 0. The van der Waals surface area contributed by atoms with Gasteiger partial charge >= 0.3 is 5.97 Å². The van der Waals surface area contributed by atoms with Gasteiger partial charge in [0.05, 0.1) is 20.3 Å². The average Bonchev–Trinajstić information content (AvgIpc) is 1.99. The lowest BCUT2D eigenvalue weighted by Crippen LogP contribution is -2.32. The Morgan fingerprint density at radius 2 is 2.33 bits per heavy atom. The molecule has 1 rings (SSSR count). The second kappa shape index (κ2) is 4.26. The highest BCUT2D eigenvalue weighted by Gasteiger charge is 2.27. The van der Waals surface area contributed by atoms with E-state index in [1.54, 1.807) is 0 Å². The van der Waals surface area contributed by atoms with Gasteiger partial charge in [-0.15, -0.1) is 0 Å². The van der Waals surface area contributed by atoms with E-state index in [0.29, 0.717) is 13.2 Å². The molecule has 0 bridgehead atoms. The molecule has 12 heavy (non-hydrogen) atoms. The highest BCUT2D eigenvalue weighted by molar-refractivity contribution is 5.89. The molecule has 1 fully saturated rings. The van der Waals surface area contributed by atoms with E-state index in [4.69, 9.17) is 4.74 Å². The van der Waals surface area contributed by atoms with E-state index < -0.39 is 0 Å². The quantitative estimate of drug-likeness (QED) is 0.470. The third-order valence-electron chi connectivity index (χ3n) is 1.92. The second-order valence-electron chi connectivity index (χ2n) is 2.79. The Hall–Kier alpha value is -0.830. The number of ether oxygens (including phenoxy) is 2. The Morgan fingerprint density at radius 3 is 2.67 bits per heavy atom. The molecule has 0 aromatic carbocycles. The molecular formula is C9H14O3. The molecule has 0 saturated carbocycles. The zero-order valence-electron chi connectivity index (χ0n) is 7.50. The summed E-state index contributed by atoms with van der Waals surface area (Å²) in [6.45, 7) is 3.31. The number of carbonyl (C=O) groups excluding carboxylic acids is 1. The maximum Gasteiger partial charge on any atom is 0.333 e. The molecule has 1 aliphatic rings. The number of methoxy groups -OCH3 is 1. The standard InChI is InChI=1S/C9H14O3/c1-3-4-8(9(10)11-2)7-5-12-6-7/h4,7H,3,5-6H2,1-2H3. The van der Waals surface area contributed by atoms with Crippen LogP contribution in [0.3, 0.4) is 0 Å². The Kier molecular flexibility index (Phi) is 3.29. The number of rotatable bonds is 3. The minimum atomic E-state index is -0.217. The van der Waals surface area contributed by atoms with Gasteiger partial charge in [-0.25, -0.2) is 4.79 Å². The molecule has 3 heteroatoms. The zero-order chi connectivity index (χ0) is 8.97. The van der Waals surface area contributed by atoms with Gasteiger partial charge in [-0.3, -0.25) is 0 Å². The molecule has 0 unspecified atom stereocenters. The van der Waals surface area contributed by atoms with E-state index in [1.807, 2.05) is 13.0 Å². The van der Waals surface area contributed by atoms with Crippen molar-refractivity contribution < 1.29 is 14.3 Å². The molecule has 0 atom stereocenters. The van der Waals surface area contributed by atoms with Crippen molar-refractivity contribution in [2.45, 2.75) is 13.3 Å². The molecule has 0 spiro atoms. The molecule has 1 saturated heterocycles. The third kappa shape index (κ3) is 1.85. The van der Waals surface area contributed by atoms with Gasteiger partial charge in [0.25, 0.3) is 0 Å². The van der Waals surface area contributed by atoms with E-state index in [9.17, 15) is 4.79 Å². The fourth-order valence-electron chi connectivity index (χ4n) is 1.17. The summed E-state index contributed by atoms with van der Waals surface area (Å²) < 4.78 is 9.67. The van der Waals surface area contributed by atoms with Crippen LogP contribution in [0.5, 0.6) is 0 Å². The topological polar surface area (TPSA) is 35.5 Å². The van der Waals surface area contributed by atoms with Crippen molar-refractivity contribution in [2.75, 3.05) is 20.3 Å². The van der Waals surface area contributed by atoms with E-state index in [0.717, 1.165) is 12.0 Å². The Balaban J connectivity index is 2.60. The van der Waals surface area contributed by atoms with Gasteiger partial charge in [0, 0.05) is 11.5 Å². The summed E-state index contributed by atoms with van der Waals surface area (Å²) in [4.78, 5) is 11.2. The van der Waals surface area contributed by atoms with Crippen LogP contribution in [-0.2, 0) is 14.3 Å². The molecule has 68 valence electrons. The van der Waals surface area contributed by atoms with Crippen molar-refractivity contribution >= 4 is 5.97 Å². The summed E-state index contributed by atoms with van der Waals surface area (Å²) in [5.74, 6) is 0.0440. The van der Waals surface area contributed by atoms with Gasteiger partial charge in [-0.05, 0) is 6.42 Å². The third-order valence-corrected chi connectivity index (χ3v) is 1.92. The fraction of sp³-hybridized carbons (Fsp3) is 0.667. The predicted octanol–water partition coefficient (Wildman–Crippen LogP) is 1.14. The van der Waals surface area contributed by atoms with Crippen LogP contribution in [0.15, 0.2) is 11.6 Å². The predicted molar refractivity (Wildman–Crippen MR) is 44.7 cm³/mol. The normalized spacial score (nSPS) is 18.7. The van der Waals surface area contributed by atoms with Gasteiger partial charge in [-0.1, -0.05) is 13.0 Å². The highest BCUT2D eigenvalue weighted by Crippen LogP contribution is 2.21. The van der Waals surface area contributed by atoms with Gasteiger partial charge in [-0.2, -0.15) is 0 Å². The SMILES string of the molecule is CCC=C(C(=O)OC)C1COC1. The first-order valence-corrected chi connectivity index (χ1v) is 4.15. The fourth-order valence-corrected chi connectivity index (χ4v) is 1.17. The number of esters is 1. The smallest absolute Gasteiger partial charge is 0.333 e. The molecular weight excluding hydrogens is 156 g/mol. The van der Waals surface area contributed by atoms with Gasteiger partial charge in [0.2, 0.25) is 0 Å². The number of carbonyl (C=O) groups is 1. The minimum Gasteiger partial charge on any atom is -0.466 e. The first-order valence-electron chi connectivity index (χ1n) is 4.15. The van der Waals surface area contributed by atoms with Crippen LogP contribution < -0.4 is 0 Å². The van der Waals surface area contributed by atoms with Gasteiger partial charge in [0.1, 0.15) is 0 Å². The van der Waals surface area contributed by atoms with Crippen LogP contribution in [0, 0.1) is 5.92 Å². The van der Waals surface area contributed by atoms with Crippen molar-refractivity contribution in [1.82, 2.24) is 0 Å². The van der Waals surface area contributed by atoms with Gasteiger partial charge in [0.15, 0.2) is 0 Å². The summed E-state index contributed by atoms with van der Waals surface area (Å²) in [5, 5.41) is 0. The largest absolute Gasteiger partial charge is 0.466 e. The van der Waals surface area contributed by atoms with Crippen molar-refractivity contribution in [2.24, 2.45) is 5.92 Å². The molecule has 0 N–H and O–H groups in total. The van der Waals surface area contributed by atoms with Gasteiger partial charge < -0.3 is 9.47 Å². The molecule has 0 aromatic heterocycles. The Labute approximate surface area is 72.4 Å². The van der Waals surface area contributed by atoms with Crippen LogP contribution in [0.2, 0.25) is 0 Å². The summed E-state index contributed by atoms with van der Waals surface area (Å²) in [7, 11) is 1.41. The number of hydrogen-bond acceptors (Lipinski definition) is 3. The molecule has 0 aliphatic carbocycles. The van der Waals surface area contributed by atoms with E-state index in [-0.39, 0.29) is 11.9 Å². The van der Waals surface area contributed by atoms with E-state index in [2.05, 4.69) is 4.74 Å². The van der Waals surface area contributed by atoms with Crippen LogP contribution >= 0.6 is 0 Å². The molecule has 0 radical (unpaired) electrons. The van der Waals surface area contributed by atoms with Crippen molar-refractivity contribution in [1.29, 1.82) is 0 Å². The van der Waals surface area contributed by atoms with Crippen LogP contribution in [0.25, 0.3) is 0 Å². The summed E-state index contributed by atoms with van der Waals surface area (Å²) in [6.07, 6.45) is 2.78. The molecule has 1 heterocycles. The van der Waals surface area contributed by atoms with Crippen LogP contribution in [0.4, 0.5) is 0 Å². The monoisotopic (exact) mass is 170 g/mol. The Bertz CT molecular complexity index is 192. The summed E-state index contributed by atoms with van der Waals surface area (Å²) >= 11 is 0. The summed E-state index contributed by atoms with van der Waals surface area (Å²) in [5.41, 5.74) is 0.770.